The van der Waals surface area contributed by atoms with Crippen LogP contribution in [-0.4, -0.2) is 5.54 Å². The highest BCUT2D eigenvalue weighted by atomic mass is 79.9. The number of hydrogen-bond acceptors (Lipinski definition) is 0. The van der Waals surface area contributed by atoms with E-state index in [0.29, 0.717) is 0 Å². The third kappa shape index (κ3) is 5.48. The SMILES string of the molecule is CCC(=CC([NH3+])(CC)CC)CC.[Br-]. The molecule has 0 amide bonds. The van der Waals surface area contributed by atoms with Gasteiger partial charge in [0.2, 0.25) is 0 Å². The van der Waals surface area contributed by atoms with Crippen LogP contribution >= 0.6 is 0 Å². The molecule has 0 aromatic rings. The van der Waals surface area contributed by atoms with Gasteiger partial charge in [-0.1, -0.05) is 33.3 Å². The summed E-state index contributed by atoms with van der Waals surface area (Å²) in [5.41, 5.74) is 6.01. The van der Waals surface area contributed by atoms with E-state index in [0.717, 1.165) is 12.8 Å². The lowest BCUT2D eigenvalue weighted by Crippen LogP contribution is -3.00. The van der Waals surface area contributed by atoms with Crippen molar-refractivity contribution in [3.63, 3.8) is 0 Å². The Morgan fingerprint density at radius 3 is 1.69 bits per heavy atom. The summed E-state index contributed by atoms with van der Waals surface area (Å²) in [6.45, 7) is 8.88. The van der Waals surface area contributed by atoms with Gasteiger partial charge in [-0.15, -0.1) is 0 Å². The van der Waals surface area contributed by atoms with Crippen LogP contribution in [0.2, 0.25) is 0 Å². The fourth-order valence-electron chi connectivity index (χ4n) is 1.34. The van der Waals surface area contributed by atoms with E-state index in [1.54, 1.807) is 5.57 Å². The van der Waals surface area contributed by atoms with Crippen LogP contribution in [-0.2, 0) is 0 Å². The second-order valence-electron chi connectivity index (χ2n) is 3.58. The Balaban J connectivity index is 0. The molecule has 1 nitrogen and oxygen atoms in total. The zero-order valence-electron chi connectivity index (χ0n) is 9.49. The first-order valence-electron chi connectivity index (χ1n) is 5.17. The maximum atomic E-state index is 4.27. The third-order valence-electron chi connectivity index (χ3n) is 2.83. The number of hydrogen-bond donors (Lipinski definition) is 1. The van der Waals surface area contributed by atoms with E-state index in [1.807, 2.05) is 0 Å². The third-order valence-corrected chi connectivity index (χ3v) is 2.83. The Kier molecular flexibility index (Phi) is 9.11. The second kappa shape index (κ2) is 7.57. The van der Waals surface area contributed by atoms with Crippen molar-refractivity contribution in [2.75, 3.05) is 0 Å². The largest absolute Gasteiger partial charge is 1.00 e. The van der Waals surface area contributed by atoms with Crippen LogP contribution < -0.4 is 22.7 Å². The van der Waals surface area contributed by atoms with Gasteiger partial charge in [0.15, 0.2) is 0 Å². The molecule has 0 saturated carbocycles. The summed E-state index contributed by atoms with van der Waals surface area (Å²) in [5.74, 6) is 0. The van der Waals surface area contributed by atoms with Gasteiger partial charge in [-0.2, -0.15) is 0 Å². The van der Waals surface area contributed by atoms with E-state index >= 15 is 0 Å². The molecule has 0 radical (unpaired) electrons. The highest BCUT2D eigenvalue weighted by Crippen LogP contribution is 2.16. The lowest BCUT2D eigenvalue weighted by molar-refractivity contribution is -0.460. The molecule has 0 fully saturated rings. The summed E-state index contributed by atoms with van der Waals surface area (Å²) in [7, 11) is 0. The smallest absolute Gasteiger partial charge is 0.113 e. The Bertz CT molecular complexity index is 142. The molecule has 0 spiro atoms. The molecule has 0 heterocycles. The number of allylic oxidation sites excluding steroid dienone is 1. The molecule has 3 N–H and O–H groups in total. The van der Waals surface area contributed by atoms with Gasteiger partial charge < -0.3 is 22.7 Å². The molecule has 0 aliphatic heterocycles. The number of rotatable bonds is 5. The van der Waals surface area contributed by atoms with Crippen molar-refractivity contribution < 1.29 is 22.7 Å². The topological polar surface area (TPSA) is 27.6 Å². The maximum absolute atomic E-state index is 4.27. The average molecular weight is 250 g/mol. The van der Waals surface area contributed by atoms with Crippen LogP contribution in [0.1, 0.15) is 53.4 Å². The first kappa shape index (κ1) is 15.6. The quantitative estimate of drug-likeness (QED) is 0.639. The highest BCUT2D eigenvalue weighted by molar-refractivity contribution is 5.09. The summed E-state index contributed by atoms with van der Waals surface area (Å²) >= 11 is 0. The fraction of sp³-hybridized carbons (Fsp3) is 0.818. The summed E-state index contributed by atoms with van der Waals surface area (Å²) in [4.78, 5) is 0. The molecule has 0 bridgehead atoms. The van der Waals surface area contributed by atoms with Crippen molar-refractivity contribution in [1.82, 2.24) is 0 Å². The maximum Gasteiger partial charge on any atom is 0.113 e. The molecule has 80 valence electrons. The molecule has 0 unspecified atom stereocenters. The molecular formula is C11H24BrN. The number of halogens is 1. The Morgan fingerprint density at radius 1 is 1.08 bits per heavy atom. The molecule has 0 aliphatic carbocycles. The van der Waals surface area contributed by atoms with Crippen LogP contribution in [0.15, 0.2) is 11.6 Å². The van der Waals surface area contributed by atoms with Crippen LogP contribution in [0.4, 0.5) is 0 Å². The van der Waals surface area contributed by atoms with Gasteiger partial charge in [-0.3, -0.25) is 0 Å². The van der Waals surface area contributed by atoms with Gasteiger partial charge in [0.1, 0.15) is 5.54 Å². The minimum absolute atomic E-state index is 0. The summed E-state index contributed by atoms with van der Waals surface area (Å²) < 4.78 is 0. The minimum atomic E-state index is 0. The van der Waals surface area contributed by atoms with Crippen LogP contribution in [0.25, 0.3) is 0 Å². The lowest BCUT2D eigenvalue weighted by atomic mass is 9.90. The molecule has 0 aromatic carbocycles. The molecular weight excluding hydrogens is 226 g/mol. The normalized spacial score (nSPS) is 10.5. The van der Waals surface area contributed by atoms with Crippen molar-refractivity contribution in [1.29, 1.82) is 0 Å². The Hall–Kier alpha value is 0.180. The van der Waals surface area contributed by atoms with Gasteiger partial charge >= 0.3 is 0 Å². The van der Waals surface area contributed by atoms with Gasteiger partial charge in [0, 0.05) is 12.8 Å². The molecule has 2 heteroatoms. The fourth-order valence-corrected chi connectivity index (χ4v) is 1.34. The summed E-state index contributed by atoms with van der Waals surface area (Å²) in [6.07, 6.45) is 7.02. The van der Waals surface area contributed by atoms with E-state index in [9.17, 15) is 0 Å². The van der Waals surface area contributed by atoms with Crippen LogP contribution in [0, 0.1) is 0 Å². The van der Waals surface area contributed by atoms with E-state index in [-0.39, 0.29) is 22.5 Å². The van der Waals surface area contributed by atoms with Crippen molar-refractivity contribution in [3.05, 3.63) is 11.6 Å². The van der Waals surface area contributed by atoms with Gasteiger partial charge in [-0.25, -0.2) is 0 Å². The Morgan fingerprint density at radius 2 is 1.46 bits per heavy atom. The predicted octanol–water partition coefficient (Wildman–Crippen LogP) is -0.462. The van der Waals surface area contributed by atoms with E-state index in [2.05, 4.69) is 39.5 Å². The molecule has 0 saturated heterocycles. The molecule has 0 atom stereocenters. The molecule has 0 aromatic heterocycles. The first-order valence-corrected chi connectivity index (χ1v) is 5.17. The summed E-state index contributed by atoms with van der Waals surface area (Å²) in [6, 6.07) is 0. The molecule has 0 rings (SSSR count). The molecule has 0 aliphatic rings. The first-order chi connectivity index (χ1) is 5.61. The van der Waals surface area contributed by atoms with E-state index in [4.69, 9.17) is 0 Å². The zero-order valence-corrected chi connectivity index (χ0v) is 11.1. The second-order valence-corrected chi connectivity index (χ2v) is 3.58. The van der Waals surface area contributed by atoms with Gasteiger partial charge in [0.05, 0.1) is 0 Å². The van der Waals surface area contributed by atoms with Crippen molar-refractivity contribution >= 4 is 0 Å². The zero-order chi connectivity index (χ0) is 9.61. The Labute approximate surface area is 93.6 Å². The van der Waals surface area contributed by atoms with Crippen molar-refractivity contribution in [3.8, 4) is 0 Å². The van der Waals surface area contributed by atoms with Crippen LogP contribution in [0.3, 0.4) is 0 Å². The van der Waals surface area contributed by atoms with Gasteiger partial charge in [-0.05, 0) is 18.9 Å². The predicted molar refractivity (Wildman–Crippen MR) is 54.9 cm³/mol. The molecule has 13 heavy (non-hydrogen) atoms. The van der Waals surface area contributed by atoms with E-state index in [1.165, 1.54) is 12.8 Å². The van der Waals surface area contributed by atoms with Crippen molar-refractivity contribution in [2.45, 2.75) is 58.9 Å². The summed E-state index contributed by atoms with van der Waals surface area (Å²) in [5, 5.41) is 0. The average Bonchev–Trinajstić information content (AvgIpc) is 2.14. The van der Waals surface area contributed by atoms with Crippen molar-refractivity contribution in [2.24, 2.45) is 0 Å². The van der Waals surface area contributed by atoms with Crippen LogP contribution in [0.5, 0.6) is 0 Å². The standard InChI is InChI=1S/C11H23N.BrH/c1-5-10(6-2)9-11(12,7-3)8-4;/h9H,5-8,12H2,1-4H3;1H. The van der Waals surface area contributed by atoms with E-state index < -0.39 is 0 Å². The lowest BCUT2D eigenvalue weighted by Gasteiger charge is -2.19. The monoisotopic (exact) mass is 249 g/mol. The highest BCUT2D eigenvalue weighted by Gasteiger charge is 2.21. The minimum Gasteiger partial charge on any atom is -1.00 e. The number of quaternary nitrogens is 1. The van der Waals surface area contributed by atoms with Gasteiger partial charge in [0.25, 0.3) is 0 Å².